The van der Waals surface area contributed by atoms with E-state index in [1.54, 1.807) is 0 Å². The normalized spacial score (nSPS) is 15.5. The zero-order chi connectivity index (χ0) is 14.1. The molecule has 0 atom stereocenters. The maximum Gasteiger partial charge on any atom is 0.323 e. The van der Waals surface area contributed by atoms with E-state index >= 15 is 0 Å². The fraction of sp³-hybridized carbons (Fsp3) is 0.667. The Kier molecular flexibility index (Phi) is 7.15. The summed E-state index contributed by atoms with van der Waals surface area (Å²) in [6.07, 6.45) is 5.11. The molecule has 0 bridgehead atoms. The smallest absolute Gasteiger partial charge is 0.323 e. The number of hydrogen-bond donors (Lipinski definition) is 2. The number of amides is 2. The van der Waals surface area contributed by atoms with Crippen LogP contribution in [0.4, 0.5) is 4.79 Å². The molecule has 2 N–H and O–H groups in total. The standard InChI is InChI=1S/C12H19N3O3S/c1-2-4-15(10-11(16)17)12(18)13-3-5-14-6-8-19-9-7-14/h1H,3-10H2,(H,13,18)(H,16,17). The number of carboxylic acid groups (broad SMARTS) is 1. The van der Waals surface area contributed by atoms with Crippen LogP contribution in [0.15, 0.2) is 0 Å². The van der Waals surface area contributed by atoms with E-state index < -0.39 is 12.0 Å². The summed E-state index contributed by atoms with van der Waals surface area (Å²) in [4.78, 5) is 25.7. The van der Waals surface area contributed by atoms with Gasteiger partial charge in [0, 0.05) is 37.7 Å². The molecule has 1 heterocycles. The van der Waals surface area contributed by atoms with Crippen molar-refractivity contribution in [2.24, 2.45) is 0 Å². The molecule has 0 radical (unpaired) electrons. The van der Waals surface area contributed by atoms with Gasteiger partial charge < -0.3 is 15.3 Å². The summed E-state index contributed by atoms with van der Waals surface area (Å²) in [7, 11) is 0. The molecule has 1 fully saturated rings. The van der Waals surface area contributed by atoms with Gasteiger partial charge in [-0.1, -0.05) is 5.92 Å². The second-order valence-electron chi connectivity index (χ2n) is 4.14. The molecule has 7 heteroatoms. The molecule has 0 saturated carbocycles. The molecule has 2 amide bonds. The molecular weight excluding hydrogens is 266 g/mol. The van der Waals surface area contributed by atoms with Crippen LogP contribution in [-0.4, -0.2) is 77.7 Å². The van der Waals surface area contributed by atoms with E-state index in [-0.39, 0.29) is 13.1 Å². The van der Waals surface area contributed by atoms with Crippen LogP contribution in [0.2, 0.25) is 0 Å². The number of carbonyl (C=O) groups is 2. The van der Waals surface area contributed by atoms with Gasteiger partial charge in [-0.15, -0.1) is 6.42 Å². The molecule has 106 valence electrons. The van der Waals surface area contributed by atoms with Gasteiger partial charge in [-0.3, -0.25) is 9.69 Å². The average molecular weight is 285 g/mol. The summed E-state index contributed by atoms with van der Waals surface area (Å²) >= 11 is 1.93. The van der Waals surface area contributed by atoms with Gasteiger partial charge in [0.15, 0.2) is 0 Å². The molecule has 1 rings (SSSR count). The Hall–Kier alpha value is -1.39. The van der Waals surface area contributed by atoms with Crippen molar-refractivity contribution in [2.45, 2.75) is 0 Å². The van der Waals surface area contributed by atoms with Crippen LogP contribution in [0.1, 0.15) is 0 Å². The van der Waals surface area contributed by atoms with Crippen molar-refractivity contribution in [2.75, 3.05) is 50.8 Å². The van der Waals surface area contributed by atoms with Crippen molar-refractivity contribution in [3.63, 3.8) is 0 Å². The lowest BCUT2D eigenvalue weighted by Gasteiger charge is -2.26. The zero-order valence-electron chi connectivity index (χ0n) is 10.8. The number of hydrogen-bond acceptors (Lipinski definition) is 4. The first kappa shape index (κ1) is 15.7. The van der Waals surface area contributed by atoms with Crippen molar-refractivity contribution >= 4 is 23.8 Å². The first-order chi connectivity index (χ1) is 9.13. The molecule has 0 unspecified atom stereocenters. The molecule has 6 nitrogen and oxygen atoms in total. The summed E-state index contributed by atoms with van der Waals surface area (Å²) in [6, 6.07) is -0.424. The Bertz CT molecular complexity index is 351. The number of urea groups is 1. The molecule has 19 heavy (non-hydrogen) atoms. The van der Waals surface area contributed by atoms with Gasteiger partial charge in [0.25, 0.3) is 0 Å². The van der Waals surface area contributed by atoms with Crippen LogP contribution in [0.25, 0.3) is 0 Å². The van der Waals surface area contributed by atoms with E-state index in [0.29, 0.717) is 6.54 Å². The van der Waals surface area contributed by atoms with Crippen molar-refractivity contribution in [3.05, 3.63) is 0 Å². The van der Waals surface area contributed by atoms with Crippen LogP contribution in [0.3, 0.4) is 0 Å². The van der Waals surface area contributed by atoms with E-state index in [4.69, 9.17) is 11.5 Å². The van der Waals surface area contributed by atoms with Gasteiger partial charge in [0.2, 0.25) is 0 Å². The number of thioether (sulfide) groups is 1. The third-order valence-corrected chi connectivity index (χ3v) is 3.65. The second kappa shape index (κ2) is 8.67. The van der Waals surface area contributed by atoms with Crippen molar-refractivity contribution in [1.29, 1.82) is 0 Å². The number of nitrogens with zero attached hydrogens (tertiary/aromatic N) is 2. The second-order valence-corrected chi connectivity index (χ2v) is 5.36. The Morgan fingerprint density at radius 1 is 1.42 bits per heavy atom. The van der Waals surface area contributed by atoms with Crippen molar-refractivity contribution in [3.8, 4) is 12.3 Å². The lowest BCUT2D eigenvalue weighted by molar-refractivity contribution is -0.137. The molecule has 0 aromatic heterocycles. The van der Waals surface area contributed by atoms with Gasteiger partial charge >= 0.3 is 12.0 Å². The summed E-state index contributed by atoms with van der Waals surface area (Å²) in [5, 5.41) is 11.4. The predicted molar refractivity (Wildman–Crippen MR) is 75.2 cm³/mol. The van der Waals surface area contributed by atoms with E-state index in [1.165, 1.54) is 0 Å². The predicted octanol–water partition coefficient (Wildman–Crippen LogP) is -0.235. The van der Waals surface area contributed by atoms with Crippen LogP contribution in [-0.2, 0) is 4.79 Å². The molecule has 0 aliphatic carbocycles. The lowest BCUT2D eigenvalue weighted by Crippen LogP contribution is -2.46. The summed E-state index contributed by atoms with van der Waals surface area (Å²) in [6.45, 7) is 2.97. The Balaban J connectivity index is 2.27. The minimum atomic E-state index is -1.07. The lowest BCUT2D eigenvalue weighted by atomic mass is 10.4. The molecular formula is C12H19N3O3S. The fourth-order valence-electron chi connectivity index (χ4n) is 1.73. The summed E-state index contributed by atoms with van der Waals surface area (Å²) in [5.41, 5.74) is 0. The molecule has 0 aromatic rings. The quantitative estimate of drug-likeness (QED) is 0.659. The number of nitrogens with one attached hydrogen (secondary N) is 1. The Labute approximate surface area is 117 Å². The largest absolute Gasteiger partial charge is 0.480 e. The summed E-state index contributed by atoms with van der Waals surface area (Å²) in [5.74, 6) is 3.45. The van der Waals surface area contributed by atoms with Gasteiger partial charge in [-0.25, -0.2) is 4.79 Å². The molecule has 1 aliphatic rings. The number of terminal acetylenes is 1. The molecule has 1 saturated heterocycles. The first-order valence-electron chi connectivity index (χ1n) is 6.11. The van der Waals surface area contributed by atoms with Crippen LogP contribution in [0.5, 0.6) is 0 Å². The number of carbonyl (C=O) groups excluding carboxylic acids is 1. The van der Waals surface area contributed by atoms with Gasteiger partial charge in [0.05, 0.1) is 6.54 Å². The molecule has 0 aromatic carbocycles. The Morgan fingerprint density at radius 3 is 2.68 bits per heavy atom. The van der Waals surface area contributed by atoms with Crippen LogP contribution < -0.4 is 5.32 Å². The topological polar surface area (TPSA) is 72.9 Å². The van der Waals surface area contributed by atoms with Crippen molar-refractivity contribution in [1.82, 2.24) is 15.1 Å². The van der Waals surface area contributed by atoms with E-state index in [9.17, 15) is 9.59 Å². The maximum atomic E-state index is 11.7. The Morgan fingerprint density at radius 2 is 2.11 bits per heavy atom. The van der Waals surface area contributed by atoms with Gasteiger partial charge in [-0.05, 0) is 0 Å². The van der Waals surface area contributed by atoms with Gasteiger partial charge in [0.1, 0.15) is 6.54 Å². The van der Waals surface area contributed by atoms with E-state index in [1.807, 2.05) is 11.8 Å². The van der Waals surface area contributed by atoms with E-state index in [2.05, 4.69) is 16.1 Å². The minimum Gasteiger partial charge on any atom is -0.480 e. The molecule has 0 spiro atoms. The average Bonchev–Trinajstić information content (AvgIpc) is 2.39. The van der Waals surface area contributed by atoms with Gasteiger partial charge in [-0.2, -0.15) is 11.8 Å². The number of carboxylic acids is 1. The molecule has 1 aliphatic heterocycles. The third kappa shape index (κ3) is 6.36. The highest BCUT2D eigenvalue weighted by atomic mass is 32.2. The first-order valence-corrected chi connectivity index (χ1v) is 7.27. The monoisotopic (exact) mass is 285 g/mol. The zero-order valence-corrected chi connectivity index (χ0v) is 11.6. The van der Waals surface area contributed by atoms with E-state index in [0.717, 1.165) is 36.0 Å². The SMILES string of the molecule is C#CCN(CC(=O)O)C(=O)NCCN1CCSCC1. The minimum absolute atomic E-state index is 0.00150. The summed E-state index contributed by atoms with van der Waals surface area (Å²) < 4.78 is 0. The van der Waals surface area contributed by atoms with Crippen molar-refractivity contribution < 1.29 is 14.7 Å². The fourth-order valence-corrected chi connectivity index (χ4v) is 2.71. The maximum absolute atomic E-state index is 11.7. The third-order valence-electron chi connectivity index (χ3n) is 2.70. The highest BCUT2D eigenvalue weighted by Crippen LogP contribution is 2.07. The highest BCUT2D eigenvalue weighted by Gasteiger charge is 2.16. The number of aliphatic carboxylic acids is 1. The number of rotatable bonds is 6. The van der Waals surface area contributed by atoms with Crippen LogP contribution >= 0.6 is 11.8 Å². The van der Waals surface area contributed by atoms with Crippen LogP contribution in [0, 0.1) is 12.3 Å². The highest BCUT2D eigenvalue weighted by molar-refractivity contribution is 7.99.